The molecule has 1 aliphatic heterocycles. The Morgan fingerprint density at radius 1 is 1.15 bits per heavy atom. The smallest absolute Gasteiger partial charge is 0.175 e. The Hall–Kier alpha value is -2.25. The Labute approximate surface area is 158 Å². The van der Waals surface area contributed by atoms with Crippen LogP contribution in [0.5, 0.6) is 0 Å². The number of ether oxygens (including phenoxy) is 1. The molecule has 3 heterocycles. The van der Waals surface area contributed by atoms with Gasteiger partial charge in [0.25, 0.3) is 0 Å². The summed E-state index contributed by atoms with van der Waals surface area (Å²) in [5, 5.41) is 0. The van der Waals surface area contributed by atoms with Gasteiger partial charge in [0.1, 0.15) is 5.52 Å². The van der Waals surface area contributed by atoms with Crippen LogP contribution in [-0.2, 0) is 14.6 Å². The molecule has 3 aromatic rings. The van der Waals surface area contributed by atoms with Crippen molar-refractivity contribution in [1.29, 1.82) is 0 Å². The molecule has 27 heavy (non-hydrogen) atoms. The molecular formula is C20H23N3O3S. The zero-order valence-corrected chi connectivity index (χ0v) is 16.1. The summed E-state index contributed by atoms with van der Waals surface area (Å²) < 4.78 is 29.1. The molecule has 142 valence electrons. The van der Waals surface area contributed by atoms with Crippen molar-refractivity contribution < 1.29 is 13.2 Å². The molecule has 1 unspecified atom stereocenters. The maximum Gasteiger partial charge on any atom is 0.175 e. The van der Waals surface area contributed by atoms with Gasteiger partial charge in [0.15, 0.2) is 15.5 Å². The minimum Gasteiger partial charge on any atom is -0.381 e. The van der Waals surface area contributed by atoms with Crippen LogP contribution in [0, 0.1) is 5.92 Å². The molecule has 1 atom stereocenters. The zero-order valence-electron chi connectivity index (χ0n) is 15.3. The number of hydrogen-bond donors (Lipinski definition) is 1. The van der Waals surface area contributed by atoms with E-state index >= 15 is 0 Å². The second kappa shape index (κ2) is 7.40. The van der Waals surface area contributed by atoms with Crippen molar-refractivity contribution in [1.82, 2.24) is 15.0 Å². The third-order valence-corrected chi connectivity index (χ3v) is 6.41. The highest BCUT2D eigenvalue weighted by molar-refractivity contribution is 7.90. The fourth-order valence-electron chi connectivity index (χ4n) is 3.76. The highest BCUT2D eigenvalue weighted by Gasteiger charge is 2.24. The van der Waals surface area contributed by atoms with E-state index < -0.39 is 9.84 Å². The summed E-state index contributed by atoms with van der Waals surface area (Å²) in [6, 6.07) is 9.29. The van der Waals surface area contributed by atoms with Crippen LogP contribution in [0.25, 0.3) is 11.2 Å². The van der Waals surface area contributed by atoms with Gasteiger partial charge < -0.3 is 9.72 Å². The third-order valence-electron chi connectivity index (χ3n) is 5.28. The number of rotatable bonds is 5. The summed E-state index contributed by atoms with van der Waals surface area (Å²) >= 11 is 0. The van der Waals surface area contributed by atoms with Crippen molar-refractivity contribution in [3.8, 4) is 0 Å². The first kappa shape index (κ1) is 18.1. The van der Waals surface area contributed by atoms with E-state index in [1.807, 2.05) is 12.1 Å². The van der Waals surface area contributed by atoms with Crippen molar-refractivity contribution in [3.05, 3.63) is 54.0 Å². The van der Waals surface area contributed by atoms with Crippen LogP contribution >= 0.6 is 0 Å². The summed E-state index contributed by atoms with van der Waals surface area (Å²) in [6.45, 7) is 1.61. The fraction of sp³-hybridized carbons (Fsp3) is 0.400. The van der Waals surface area contributed by atoms with Crippen LogP contribution in [0.2, 0.25) is 0 Å². The Bertz CT molecular complexity index is 989. The molecule has 0 saturated carbocycles. The molecule has 1 aromatic carbocycles. The van der Waals surface area contributed by atoms with Gasteiger partial charge in [0.2, 0.25) is 0 Å². The number of H-pyrrole nitrogens is 1. The van der Waals surface area contributed by atoms with E-state index in [0.717, 1.165) is 54.9 Å². The molecule has 0 aliphatic carbocycles. The lowest BCUT2D eigenvalue weighted by Gasteiger charge is -2.26. The molecule has 0 bridgehead atoms. The topological polar surface area (TPSA) is 84.9 Å². The largest absolute Gasteiger partial charge is 0.381 e. The highest BCUT2D eigenvalue weighted by Crippen LogP contribution is 2.35. The summed E-state index contributed by atoms with van der Waals surface area (Å²) in [7, 11) is -3.20. The number of benzene rings is 1. The Morgan fingerprint density at radius 2 is 1.85 bits per heavy atom. The first-order chi connectivity index (χ1) is 13.0. The normalized spacial score (nSPS) is 17.2. The number of aromatic amines is 1. The first-order valence-corrected chi connectivity index (χ1v) is 11.1. The Balaban J connectivity index is 1.70. The van der Waals surface area contributed by atoms with Gasteiger partial charge in [-0.2, -0.15) is 0 Å². The summed E-state index contributed by atoms with van der Waals surface area (Å²) in [4.78, 5) is 12.5. The molecule has 7 heteroatoms. The maximum absolute atomic E-state index is 11.8. The van der Waals surface area contributed by atoms with E-state index in [4.69, 9.17) is 4.74 Å². The summed E-state index contributed by atoms with van der Waals surface area (Å²) in [5.74, 6) is 0.711. The van der Waals surface area contributed by atoms with Gasteiger partial charge >= 0.3 is 0 Å². The van der Waals surface area contributed by atoms with Gasteiger partial charge in [-0.05, 0) is 48.9 Å². The lowest BCUT2D eigenvalue weighted by Crippen LogP contribution is -2.18. The number of fused-ring (bicyclic) bond motifs is 1. The predicted molar refractivity (Wildman–Crippen MR) is 103 cm³/mol. The van der Waals surface area contributed by atoms with Crippen molar-refractivity contribution in [2.45, 2.75) is 30.1 Å². The average molecular weight is 385 g/mol. The second-order valence-corrected chi connectivity index (χ2v) is 9.22. The van der Waals surface area contributed by atoms with E-state index in [-0.39, 0.29) is 5.92 Å². The summed E-state index contributed by atoms with van der Waals surface area (Å²) in [5.41, 5.74) is 3.78. The van der Waals surface area contributed by atoms with Crippen LogP contribution < -0.4 is 0 Å². The van der Waals surface area contributed by atoms with Gasteiger partial charge in [0, 0.05) is 43.5 Å². The number of hydrogen-bond acceptors (Lipinski definition) is 5. The maximum atomic E-state index is 11.8. The van der Waals surface area contributed by atoms with Crippen LogP contribution in [0.3, 0.4) is 0 Å². The SMILES string of the molecule is CS(=O)(=O)c1ccc(C(CC2CCOCC2)c2cc3nccnc3[nH]2)cc1. The molecule has 1 N–H and O–H groups in total. The standard InChI is InChI=1S/C20H23N3O3S/c1-27(24,25)16-4-2-15(3-5-16)17(12-14-6-10-26-11-7-14)18-13-19-20(23-18)22-9-8-21-19/h2-5,8-9,13-14,17H,6-7,10-12H2,1H3,(H,22,23). The molecular weight excluding hydrogens is 362 g/mol. The monoisotopic (exact) mass is 385 g/mol. The van der Waals surface area contributed by atoms with Crippen molar-refractivity contribution >= 4 is 21.0 Å². The zero-order chi connectivity index (χ0) is 18.9. The molecule has 1 saturated heterocycles. The second-order valence-electron chi connectivity index (χ2n) is 7.20. The third kappa shape index (κ3) is 4.04. The predicted octanol–water partition coefficient (Wildman–Crippen LogP) is 3.31. The Morgan fingerprint density at radius 3 is 2.52 bits per heavy atom. The average Bonchev–Trinajstić information content (AvgIpc) is 3.10. The van der Waals surface area contributed by atoms with Gasteiger partial charge in [-0.3, -0.25) is 4.98 Å². The molecule has 0 radical (unpaired) electrons. The molecule has 1 aliphatic rings. The van der Waals surface area contributed by atoms with Gasteiger partial charge in [-0.1, -0.05) is 12.1 Å². The minimum absolute atomic E-state index is 0.137. The van der Waals surface area contributed by atoms with Crippen LogP contribution in [0.15, 0.2) is 47.6 Å². The van der Waals surface area contributed by atoms with Crippen molar-refractivity contribution in [2.24, 2.45) is 5.92 Å². The van der Waals surface area contributed by atoms with E-state index in [0.29, 0.717) is 10.8 Å². The van der Waals surface area contributed by atoms with E-state index in [1.54, 1.807) is 24.5 Å². The van der Waals surface area contributed by atoms with E-state index in [9.17, 15) is 8.42 Å². The molecule has 6 nitrogen and oxygen atoms in total. The lowest BCUT2D eigenvalue weighted by molar-refractivity contribution is 0.0626. The molecule has 0 spiro atoms. The number of aromatic nitrogens is 3. The van der Waals surface area contributed by atoms with Crippen molar-refractivity contribution in [2.75, 3.05) is 19.5 Å². The lowest BCUT2D eigenvalue weighted by atomic mass is 9.83. The fourth-order valence-corrected chi connectivity index (χ4v) is 4.39. The molecule has 2 aromatic heterocycles. The van der Waals surface area contributed by atoms with Gasteiger partial charge in [0.05, 0.1) is 4.90 Å². The quantitative estimate of drug-likeness (QED) is 0.728. The van der Waals surface area contributed by atoms with Crippen molar-refractivity contribution in [3.63, 3.8) is 0 Å². The number of sulfone groups is 1. The molecule has 0 amide bonds. The van der Waals surface area contributed by atoms with E-state index in [1.165, 1.54) is 6.26 Å². The summed E-state index contributed by atoms with van der Waals surface area (Å²) in [6.07, 6.45) is 7.68. The van der Waals surface area contributed by atoms with Gasteiger partial charge in [-0.25, -0.2) is 13.4 Å². The van der Waals surface area contributed by atoms with Crippen LogP contribution in [0.1, 0.15) is 36.4 Å². The highest BCUT2D eigenvalue weighted by atomic mass is 32.2. The Kier molecular flexibility index (Phi) is 4.97. The minimum atomic E-state index is -3.20. The molecule has 4 rings (SSSR count). The first-order valence-electron chi connectivity index (χ1n) is 9.18. The van der Waals surface area contributed by atoms with Gasteiger partial charge in [-0.15, -0.1) is 0 Å². The van der Waals surface area contributed by atoms with E-state index in [2.05, 4.69) is 21.0 Å². The van der Waals surface area contributed by atoms with Crippen LogP contribution in [-0.4, -0.2) is 42.8 Å². The number of nitrogens with one attached hydrogen (secondary N) is 1. The van der Waals surface area contributed by atoms with Crippen LogP contribution in [0.4, 0.5) is 0 Å². The molecule has 1 fully saturated rings. The number of nitrogens with zero attached hydrogens (tertiary/aromatic N) is 2.